The van der Waals surface area contributed by atoms with Crippen molar-refractivity contribution in [2.45, 2.75) is 0 Å². The highest BCUT2D eigenvalue weighted by Gasteiger charge is 2.10. The summed E-state index contributed by atoms with van der Waals surface area (Å²) in [5.41, 5.74) is 3.50. The van der Waals surface area contributed by atoms with Crippen molar-refractivity contribution >= 4 is 11.9 Å². The molecule has 0 aliphatic rings. The first-order valence-corrected chi connectivity index (χ1v) is 6.14. The number of anilines is 1. The highest BCUT2D eigenvalue weighted by atomic mass is 19.1. The number of hydrogen-bond acceptors (Lipinski definition) is 5. The summed E-state index contributed by atoms with van der Waals surface area (Å²) in [4.78, 5) is 0. The first kappa shape index (κ1) is 14.6. The molecule has 0 saturated heterocycles. The van der Waals surface area contributed by atoms with Gasteiger partial charge in [0.2, 0.25) is 5.75 Å². The second-order valence-corrected chi connectivity index (χ2v) is 4.12. The molecule has 0 bridgehead atoms. The molecule has 110 valence electrons. The number of nitrogens with zero attached hydrogens (tertiary/aromatic N) is 1. The zero-order chi connectivity index (χ0) is 15.2. The van der Waals surface area contributed by atoms with Gasteiger partial charge in [-0.15, -0.1) is 0 Å². The number of methoxy groups -OCH3 is 2. The smallest absolute Gasteiger partial charge is 0.200 e. The Kier molecular flexibility index (Phi) is 4.61. The van der Waals surface area contributed by atoms with E-state index in [1.54, 1.807) is 30.3 Å². The maximum atomic E-state index is 13.4. The molecule has 0 saturated carbocycles. The number of rotatable bonds is 5. The average Bonchev–Trinajstić information content (AvgIpc) is 2.50. The van der Waals surface area contributed by atoms with Gasteiger partial charge in [-0.05, 0) is 24.3 Å². The van der Waals surface area contributed by atoms with Crippen LogP contribution in [0.25, 0.3) is 0 Å². The minimum atomic E-state index is -0.393. The highest BCUT2D eigenvalue weighted by molar-refractivity contribution is 5.82. The molecular formula is C15H15FN2O3. The Hall–Kier alpha value is -2.76. The lowest BCUT2D eigenvalue weighted by molar-refractivity contribution is 0.340. The summed E-state index contributed by atoms with van der Waals surface area (Å²) < 4.78 is 23.5. The maximum absolute atomic E-state index is 13.4. The quantitative estimate of drug-likeness (QED) is 0.656. The minimum Gasteiger partial charge on any atom is -0.502 e. The van der Waals surface area contributed by atoms with Crippen molar-refractivity contribution in [2.75, 3.05) is 19.6 Å². The van der Waals surface area contributed by atoms with Gasteiger partial charge < -0.3 is 14.6 Å². The fraction of sp³-hybridized carbons (Fsp3) is 0.133. The van der Waals surface area contributed by atoms with Gasteiger partial charge in [0.05, 0.1) is 26.1 Å². The van der Waals surface area contributed by atoms with Crippen molar-refractivity contribution < 1.29 is 19.0 Å². The number of para-hydroxylation sites is 1. The molecule has 2 N–H and O–H groups in total. The number of hydrazone groups is 1. The zero-order valence-electron chi connectivity index (χ0n) is 11.6. The summed E-state index contributed by atoms with van der Waals surface area (Å²) in [6, 6.07) is 9.39. The van der Waals surface area contributed by atoms with Crippen LogP contribution in [0.1, 0.15) is 5.56 Å². The van der Waals surface area contributed by atoms with Crippen molar-refractivity contribution in [3.63, 3.8) is 0 Å². The second-order valence-electron chi connectivity index (χ2n) is 4.12. The maximum Gasteiger partial charge on any atom is 0.200 e. The molecule has 0 spiro atoms. The fourth-order valence-electron chi connectivity index (χ4n) is 1.72. The first-order chi connectivity index (χ1) is 10.2. The number of halogens is 1. The van der Waals surface area contributed by atoms with E-state index >= 15 is 0 Å². The average molecular weight is 290 g/mol. The van der Waals surface area contributed by atoms with E-state index in [1.807, 2.05) is 0 Å². The Morgan fingerprint density at radius 3 is 2.33 bits per heavy atom. The topological polar surface area (TPSA) is 63.1 Å². The van der Waals surface area contributed by atoms with Crippen molar-refractivity contribution in [1.29, 1.82) is 0 Å². The molecule has 21 heavy (non-hydrogen) atoms. The van der Waals surface area contributed by atoms with Gasteiger partial charge in [-0.1, -0.05) is 12.1 Å². The van der Waals surface area contributed by atoms with Gasteiger partial charge in [-0.2, -0.15) is 5.10 Å². The van der Waals surface area contributed by atoms with Gasteiger partial charge in [-0.3, -0.25) is 5.43 Å². The highest BCUT2D eigenvalue weighted by Crippen LogP contribution is 2.36. The minimum absolute atomic E-state index is 0.0841. The Balaban J connectivity index is 2.19. The van der Waals surface area contributed by atoms with E-state index in [2.05, 4.69) is 10.5 Å². The van der Waals surface area contributed by atoms with Gasteiger partial charge in [0.1, 0.15) is 5.82 Å². The molecule has 0 aromatic heterocycles. The van der Waals surface area contributed by atoms with Crippen LogP contribution < -0.4 is 14.9 Å². The standard InChI is InChI=1S/C15H15FN2O3/c1-20-13-7-10(8-14(21-2)15(13)19)9-17-18-12-6-4-3-5-11(12)16/h3-9,18-19H,1-2H3/b17-9+. The Morgan fingerprint density at radius 1 is 1.14 bits per heavy atom. The monoisotopic (exact) mass is 290 g/mol. The summed E-state index contributed by atoms with van der Waals surface area (Å²) in [7, 11) is 2.88. The van der Waals surface area contributed by atoms with Crippen LogP contribution in [-0.4, -0.2) is 25.5 Å². The molecular weight excluding hydrogens is 275 g/mol. The van der Waals surface area contributed by atoms with E-state index in [0.717, 1.165) is 0 Å². The summed E-state index contributed by atoms with van der Waals surface area (Å²) in [6.45, 7) is 0. The molecule has 5 nitrogen and oxygen atoms in total. The van der Waals surface area contributed by atoms with Gasteiger partial charge in [0.25, 0.3) is 0 Å². The van der Waals surface area contributed by atoms with Crippen LogP contribution in [0.2, 0.25) is 0 Å². The molecule has 0 radical (unpaired) electrons. The summed E-state index contributed by atoms with van der Waals surface area (Å²) >= 11 is 0. The van der Waals surface area contributed by atoms with Crippen LogP contribution in [0.15, 0.2) is 41.5 Å². The molecule has 6 heteroatoms. The van der Waals surface area contributed by atoms with E-state index in [9.17, 15) is 9.50 Å². The first-order valence-electron chi connectivity index (χ1n) is 6.14. The van der Waals surface area contributed by atoms with Crippen LogP contribution in [0, 0.1) is 5.82 Å². The van der Waals surface area contributed by atoms with E-state index < -0.39 is 5.82 Å². The van der Waals surface area contributed by atoms with E-state index in [0.29, 0.717) is 5.56 Å². The van der Waals surface area contributed by atoms with Crippen LogP contribution >= 0.6 is 0 Å². The number of benzene rings is 2. The van der Waals surface area contributed by atoms with Crippen LogP contribution in [0.3, 0.4) is 0 Å². The van der Waals surface area contributed by atoms with Gasteiger partial charge in [0.15, 0.2) is 11.5 Å². The normalized spacial score (nSPS) is 10.6. The van der Waals surface area contributed by atoms with Crippen LogP contribution in [0.4, 0.5) is 10.1 Å². The van der Waals surface area contributed by atoms with E-state index in [4.69, 9.17) is 9.47 Å². The lowest BCUT2D eigenvalue weighted by atomic mass is 10.2. The third kappa shape index (κ3) is 3.42. The largest absolute Gasteiger partial charge is 0.502 e. The predicted octanol–water partition coefficient (Wildman–Crippen LogP) is 2.99. The van der Waals surface area contributed by atoms with Crippen molar-refractivity contribution in [3.8, 4) is 17.2 Å². The molecule has 0 amide bonds. The fourth-order valence-corrected chi connectivity index (χ4v) is 1.72. The van der Waals surface area contributed by atoms with E-state index in [1.165, 1.54) is 26.5 Å². The molecule has 2 aromatic carbocycles. The van der Waals surface area contributed by atoms with Crippen molar-refractivity contribution in [1.82, 2.24) is 0 Å². The number of aromatic hydroxyl groups is 1. The number of nitrogens with one attached hydrogen (secondary N) is 1. The second kappa shape index (κ2) is 6.60. The summed E-state index contributed by atoms with van der Waals surface area (Å²) in [5, 5.41) is 13.7. The summed E-state index contributed by atoms with van der Waals surface area (Å²) in [6.07, 6.45) is 1.47. The van der Waals surface area contributed by atoms with Gasteiger partial charge >= 0.3 is 0 Å². The summed E-state index contributed by atoms with van der Waals surface area (Å²) in [5.74, 6) is 0.0538. The lowest BCUT2D eigenvalue weighted by Crippen LogP contribution is -1.95. The molecule has 0 unspecified atom stereocenters. The number of hydrogen-bond donors (Lipinski definition) is 2. The van der Waals surface area contributed by atoms with E-state index in [-0.39, 0.29) is 22.9 Å². The molecule has 2 aromatic rings. The predicted molar refractivity (Wildman–Crippen MR) is 78.8 cm³/mol. The molecule has 0 fully saturated rings. The Morgan fingerprint density at radius 2 is 1.76 bits per heavy atom. The lowest BCUT2D eigenvalue weighted by Gasteiger charge is -2.09. The molecule has 2 rings (SSSR count). The van der Waals surface area contributed by atoms with Crippen molar-refractivity contribution in [3.05, 3.63) is 47.8 Å². The van der Waals surface area contributed by atoms with Gasteiger partial charge in [-0.25, -0.2) is 4.39 Å². The molecule has 0 aliphatic heterocycles. The third-order valence-corrected chi connectivity index (χ3v) is 2.77. The number of phenols is 1. The molecule has 0 atom stereocenters. The molecule has 0 aliphatic carbocycles. The molecule has 0 heterocycles. The number of phenolic OH excluding ortho intramolecular Hbond substituents is 1. The van der Waals surface area contributed by atoms with Crippen LogP contribution in [0.5, 0.6) is 17.2 Å². The van der Waals surface area contributed by atoms with Crippen molar-refractivity contribution in [2.24, 2.45) is 5.10 Å². The SMILES string of the molecule is COc1cc(/C=N/Nc2ccccc2F)cc(OC)c1O. The zero-order valence-corrected chi connectivity index (χ0v) is 11.6. The van der Waals surface area contributed by atoms with Crippen LogP contribution in [-0.2, 0) is 0 Å². The Bertz CT molecular complexity index is 634. The third-order valence-electron chi connectivity index (χ3n) is 2.77. The van der Waals surface area contributed by atoms with Gasteiger partial charge in [0, 0.05) is 5.56 Å². The number of ether oxygens (including phenoxy) is 2. The Labute approximate surface area is 121 Å².